The molecule has 2 heterocycles. The number of benzene rings is 1. The minimum absolute atomic E-state index is 0.0438. The van der Waals surface area contributed by atoms with Crippen molar-refractivity contribution >= 4 is 11.6 Å². The van der Waals surface area contributed by atoms with E-state index in [-0.39, 0.29) is 23.3 Å². The normalized spacial score (nSPS) is 20.5. The van der Waals surface area contributed by atoms with Gasteiger partial charge in [-0.05, 0) is 32.4 Å². The number of aromatic nitrogens is 3. The summed E-state index contributed by atoms with van der Waals surface area (Å²) in [5, 5.41) is 24.9. The highest BCUT2D eigenvalue weighted by atomic mass is 16.6. The van der Waals surface area contributed by atoms with Gasteiger partial charge in [0.2, 0.25) is 0 Å². The average Bonchev–Trinajstić information content (AvgIpc) is 3.05. The summed E-state index contributed by atoms with van der Waals surface area (Å²) in [6, 6.07) is 6.47. The van der Waals surface area contributed by atoms with Gasteiger partial charge in [-0.3, -0.25) is 14.9 Å². The molecule has 2 N–H and O–H groups in total. The van der Waals surface area contributed by atoms with Crippen molar-refractivity contribution in [2.75, 3.05) is 6.54 Å². The highest BCUT2D eigenvalue weighted by Gasteiger charge is 2.22. The van der Waals surface area contributed by atoms with Crippen LogP contribution in [0.25, 0.3) is 5.69 Å². The van der Waals surface area contributed by atoms with E-state index in [0.717, 1.165) is 19.4 Å². The number of piperidine rings is 1. The van der Waals surface area contributed by atoms with Gasteiger partial charge in [-0.2, -0.15) is 0 Å². The minimum atomic E-state index is -0.480. The first-order chi connectivity index (χ1) is 11.5. The molecule has 1 aromatic heterocycles. The molecule has 3 rings (SSSR count). The summed E-state index contributed by atoms with van der Waals surface area (Å²) in [7, 11) is 0. The van der Waals surface area contributed by atoms with Crippen molar-refractivity contribution in [1.29, 1.82) is 0 Å². The Morgan fingerprint density at radius 3 is 3.08 bits per heavy atom. The minimum Gasteiger partial charge on any atom is -0.348 e. The summed E-state index contributed by atoms with van der Waals surface area (Å²) in [5.74, 6) is -0.286. The molecule has 2 atom stereocenters. The number of carbonyl (C=O) groups is 1. The van der Waals surface area contributed by atoms with E-state index in [4.69, 9.17) is 0 Å². The predicted molar refractivity (Wildman–Crippen MR) is 86.0 cm³/mol. The first-order valence-corrected chi connectivity index (χ1v) is 7.74. The van der Waals surface area contributed by atoms with Crippen LogP contribution in [0.1, 0.15) is 30.3 Å². The van der Waals surface area contributed by atoms with Gasteiger partial charge in [0.1, 0.15) is 0 Å². The molecule has 0 aliphatic carbocycles. The summed E-state index contributed by atoms with van der Waals surface area (Å²) in [6.45, 7) is 2.95. The lowest BCUT2D eigenvalue weighted by Crippen LogP contribution is -2.46. The molecule has 2 unspecified atom stereocenters. The molecule has 1 saturated heterocycles. The van der Waals surface area contributed by atoms with E-state index in [1.54, 1.807) is 12.1 Å². The molecule has 0 bridgehead atoms. The molecule has 1 aliphatic heterocycles. The van der Waals surface area contributed by atoms with Crippen LogP contribution in [0, 0.1) is 10.1 Å². The Morgan fingerprint density at radius 1 is 1.50 bits per heavy atom. The molecule has 9 nitrogen and oxygen atoms in total. The van der Waals surface area contributed by atoms with Crippen molar-refractivity contribution in [3.05, 3.63) is 46.3 Å². The fourth-order valence-corrected chi connectivity index (χ4v) is 2.77. The van der Waals surface area contributed by atoms with Crippen LogP contribution in [-0.2, 0) is 0 Å². The molecular formula is C15H18N6O3. The standard InChI is InChI=1S/C15H18N6O3/c1-10-7-11(5-6-16-10)17-15(22)14-9-20(19-18-14)12-3-2-4-13(8-12)21(23)24/h2-4,8-11,16H,5-7H2,1H3,(H,17,22). The average molecular weight is 330 g/mol. The third-order valence-corrected chi connectivity index (χ3v) is 3.99. The molecule has 0 spiro atoms. The van der Waals surface area contributed by atoms with Crippen molar-refractivity contribution in [1.82, 2.24) is 25.6 Å². The molecule has 1 aliphatic rings. The van der Waals surface area contributed by atoms with Gasteiger partial charge in [-0.15, -0.1) is 5.10 Å². The largest absolute Gasteiger partial charge is 0.348 e. The number of nitrogens with one attached hydrogen (secondary N) is 2. The zero-order valence-electron chi connectivity index (χ0n) is 13.2. The van der Waals surface area contributed by atoms with Crippen molar-refractivity contribution < 1.29 is 9.72 Å². The number of amides is 1. The van der Waals surface area contributed by atoms with Gasteiger partial charge in [-0.25, -0.2) is 4.68 Å². The van der Waals surface area contributed by atoms with E-state index in [1.165, 1.54) is 23.0 Å². The number of hydrogen-bond donors (Lipinski definition) is 2. The highest BCUT2D eigenvalue weighted by Crippen LogP contribution is 2.16. The van der Waals surface area contributed by atoms with Gasteiger partial charge >= 0.3 is 0 Å². The van der Waals surface area contributed by atoms with Gasteiger partial charge in [0.15, 0.2) is 5.69 Å². The van der Waals surface area contributed by atoms with E-state index in [9.17, 15) is 14.9 Å². The third-order valence-electron chi connectivity index (χ3n) is 3.99. The van der Waals surface area contributed by atoms with Crippen LogP contribution < -0.4 is 10.6 Å². The quantitative estimate of drug-likeness (QED) is 0.639. The van der Waals surface area contributed by atoms with E-state index < -0.39 is 4.92 Å². The molecule has 1 aromatic carbocycles. The van der Waals surface area contributed by atoms with Gasteiger partial charge in [0.25, 0.3) is 11.6 Å². The second-order valence-electron chi connectivity index (χ2n) is 5.88. The lowest BCUT2D eigenvalue weighted by Gasteiger charge is -2.28. The fourth-order valence-electron chi connectivity index (χ4n) is 2.77. The number of hydrogen-bond acceptors (Lipinski definition) is 6. The Balaban J connectivity index is 1.72. The zero-order chi connectivity index (χ0) is 17.1. The molecular weight excluding hydrogens is 312 g/mol. The van der Waals surface area contributed by atoms with Crippen LogP contribution in [0.3, 0.4) is 0 Å². The van der Waals surface area contributed by atoms with Crippen molar-refractivity contribution in [3.8, 4) is 5.69 Å². The van der Waals surface area contributed by atoms with Gasteiger partial charge in [-0.1, -0.05) is 11.3 Å². The maximum absolute atomic E-state index is 12.3. The highest BCUT2D eigenvalue weighted by molar-refractivity contribution is 5.92. The third kappa shape index (κ3) is 3.57. The molecule has 2 aromatic rings. The van der Waals surface area contributed by atoms with Crippen molar-refractivity contribution in [3.63, 3.8) is 0 Å². The number of nitro groups is 1. The Morgan fingerprint density at radius 2 is 2.33 bits per heavy atom. The SMILES string of the molecule is CC1CC(NC(=O)c2cn(-c3cccc([N+](=O)[O-])c3)nn2)CCN1. The first-order valence-electron chi connectivity index (χ1n) is 7.74. The van der Waals surface area contributed by atoms with E-state index in [2.05, 4.69) is 27.9 Å². The first kappa shape index (κ1) is 16.1. The Bertz CT molecular complexity index is 759. The number of nitro benzene ring substituents is 1. The Hall–Kier alpha value is -2.81. The summed E-state index contributed by atoms with van der Waals surface area (Å²) in [5.41, 5.74) is 0.622. The number of rotatable bonds is 4. The fraction of sp³-hybridized carbons (Fsp3) is 0.400. The smallest absolute Gasteiger partial charge is 0.273 e. The van der Waals surface area contributed by atoms with Crippen LogP contribution in [0.4, 0.5) is 5.69 Å². The summed E-state index contributed by atoms with van der Waals surface area (Å²) in [4.78, 5) is 22.6. The van der Waals surface area contributed by atoms with Crippen LogP contribution in [0.15, 0.2) is 30.5 Å². The summed E-state index contributed by atoms with van der Waals surface area (Å²) < 4.78 is 1.35. The number of carbonyl (C=O) groups excluding carboxylic acids is 1. The van der Waals surface area contributed by atoms with Gasteiger partial charge in [0.05, 0.1) is 16.8 Å². The monoisotopic (exact) mass is 330 g/mol. The van der Waals surface area contributed by atoms with E-state index in [1.807, 2.05) is 0 Å². The van der Waals surface area contributed by atoms with Crippen molar-refractivity contribution in [2.24, 2.45) is 0 Å². The number of nitrogens with zero attached hydrogens (tertiary/aromatic N) is 4. The maximum atomic E-state index is 12.3. The zero-order valence-corrected chi connectivity index (χ0v) is 13.2. The van der Waals surface area contributed by atoms with Gasteiger partial charge < -0.3 is 10.6 Å². The van der Waals surface area contributed by atoms with Crippen LogP contribution >= 0.6 is 0 Å². The van der Waals surface area contributed by atoms with Crippen LogP contribution in [0.2, 0.25) is 0 Å². The van der Waals surface area contributed by atoms with Crippen LogP contribution in [-0.4, -0.2) is 44.5 Å². The van der Waals surface area contributed by atoms with Crippen LogP contribution in [0.5, 0.6) is 0 Å². The molecule has 9 heteroatoms. The van der Waals surface area contributed by atoms with E-state index in [0.29, 0.717) is 11.7 Å². The topological polar surface area (TPSA) is 115 Å². The lowest BCUT2D eigenvalue weighted by molar-refractivity contribution is -0.384. The lowest BCUT2D eigenvalue weighted by atomic mass is 10.0. The maximum Gasteiger partial charge on any atom is 0.273 e. The summed E-state index contributed by atoms with van der Waals surface area (Å²) >= 11 is 0. The molecule has 1 fully saturated rings. The molecule has 0 radical (unpaired) electrons. The second-order valence-corrected chi connectivity index (χ2v) is 5.88. The molecule has 126 valence electrons. The Kier molecular flexibility index (Phi) is 4.52. The second kappa shape index (κ2) is 6.75. The summed E-state index contributed by atoms with van der Waals surface area (Å²) in [6.07, 6.45) is 3.21. The molecule has 0 saturated carbocycles. The molecule has 24 heavy (non-hydrogen) atoms. The van der Waals surface area contributed by atoms with Gasteiger partial charge in [0, 0.05) is 24.2 Å². The van der Waals surface area contributed by atoms with E-state index >= 15 is 0 Å². The number of non-ortho nitro benzene ring substituents is 1. The predicted octanol–water partition coefficient (Wildman–Crippen LogP) is 1.05. The Labute approximate surface area is 138 Å². The van der Waals surface area contributed by atoms with Crippen molar-refractivity contribution in [2.45, 2.75) is 31.8 Å². The molecule has 1 amide bonds.